The zero-order chi connectivity index (χ0) is 35.9. The minimum atomic E-state index is -0.951. The zero-order valence-corrected chi connectivity index (χ0v) is 30.7. The van der Waals surface area contributed by atoms with E-state index >= 15 is 0 Å². The van der Waals surface area contributed by atoms with Gasteiger partial charge in [0.15, 0.2) is 5.79 Å². The summed E-state index contributed by atoms with van der Waals surface area (Å²) in [5.74, 6) is -0.709. The average Bonchev–Trinajstić information content (AvgIpc) is 3.79. The molecule has 0 amide bonds. The van der Waals surface area contributed by atoms with Crippen molar-refractivity contribution in [2.45, 2.75) is 194 Å². The van der Waals surface area contributed by atoms with E-state index in [-0.39, 0.29) is 123 Å². The van der Waals surface area contributed by atoms with Crippen LogP contribution in [0.3, 0.4) is 0 Å². The van der Waals surface area contributed by atoms with Crippen LogP contribution in [0.15, 0.2) is 24.3 Å². The van der Waals surface area contributed by atoms with Gasteiger partial charge in [0.1, 0.15) is 36.3 Å². The van der Waals surface area contributed by atoms with Crippen molar-refractivity contribution < 1.29 is 57.6 Å². The predicted octanol–water partition coefficient (Wildman–Crippen LogP) is 3.47. The van der Waals surface area contributed by atoms with Gasteiger partial charge < -0.3 is 52.8 Å². The summed E-state index contributed by atoms with van der Waals surface area (Å²) >= 11 is 0. The van der Waals surface area contributed by atoms with Crippen LogP contribution >= 0.6 is 0 Å². The van der Waals surface area contributed by atoms with Gasteiger partial charge in [0.2, 0.25) is 0 Å². The molecule has 0 saturated carbocycles. The topological polar surface area (TPSA) is 141 Å². The van der Waals surface area contributed by atoms with Gasteiger partial charge in [0, 0.05) is 51.6 Å². The highest BCUT2D eigenvalue weighted by Gasteiger charge is 2.68. The second kappa shape index (κ2) is 14.3. The Balaban J connectivity index is 0.994. The van der Waals surface area contributed by atoms with Gasteiger partial charge in [-0.25, -0.2) is 0 Å². The van der Waals surface area contributed by atoms with Gasteiger partial charge in [-0.1, -0.05) is 20.1 Å². The molecule has 12 heteroatoms. The average molecular weight is 731 g/mol. The summed E-state index contributed by atoms with van der Waals surface area (Å²) in [5.41, 5.74) is 2.17. The van der Waals surface area contributed by atoms with E-state index in [1.54, 1.807) is 7.11 Å². The van der Waals surface area contributed by atoms with Crippen molar-refractivity contribution in [3.63, 3.8) is 0 Å². The fourth-order valence-electron chi connectivity index (χ4n) is 11.3. The first-order valence-corrected chi connectivity index (χ1v) is 20.1. The molecule has 10 rings (SSSR count). The molecule has 0 aliphatic carbocycles. The van der Waals surface area contributed by atoms with E-state index in [1.165, 1.54) is 0 Å². The van der Waals surface area contributed by atoms with E-state index in [0.29, 0.717) is 25.7 Å². The minimum Gasteiger partial charge on any atom is -0.394 e. The smallest absolute Gasteiger partial charge is 0.172 e. The van der Waals surface area contributed by atoms with Crippen molar-refractivity contribution in [1.29, 1.82) is 0 Å². The second-order valence-electron chi connectivity index (χ2n) is 17.4. The lowest BCUT2D eigenvalue weighted by molar-refractivity contribution is -0.292. The van der Waals surface area contributed by atoms with Crippen LogP contribution in [0, 0.1) is 11.8 Å². The van der Waals surface area contributed by atoms with E-state index in [2.05, 4.69) is 20.1 Å². The van der Waals surface area contributed by atoms with Crippen molar-refractivity contribution in [3.05, 3.63) is 24.3 Å². The second-order valence-corrected chi connectivity index (χ2v) is 17.4. The predicted molar refractivity (Wildman–Crippen MR) is 184 cm³/mol. The Hall–Kier alpha value is -1.29. The van der Waals surface area contributed by atoms with Gasteiger partial charge in [0.05, 0.1) is 73.8 Å². The summed E-state index contributed by atoms with van der Waals surface area (Å²) in [4.78, 5) is 14.0. The first kappa shape index (κ1) is 36.4. The molecule has 52 heavy (non-hydrogen) atoms. The van der Waals surface area contributed by atoms with Gasteiger partial charge in [-0.05, 0) is 62.0 Å². The summed E-state index contributed by atoms with van der Waals surface area (Å²) in [6.07, 6.45) is 4.01. The third kappa shape index (κ3) is 6.59. The Kier molecular flexibility index (Phi) is 10.0. The van der Waals surface area contributed by atoms with Crippen LogP contribution in [0.1, 0.15) is 90.4 Å². The summed E-state index contributed by atoms with van der Waals surface area (Å²) in [5, 5.41) is 20.1. The lowest BCUT2D eigenvalue weighted by atomic mass is 9.81. The molecule has 0 aromatic heterocycles. The third-order valence-electron chi connectivity index (χ3n) is 13.9. The molecule has 10 saturated heterocycles. The summed E-state index contributed by atoms with van der Waals surface area (Å²) in [6.45, 7) is 10.7. The molecule has 12 bridgehead atoms. The minimum absolute atomic E-state index is 0.0260. The summed E-state index contributed by atoms with van der Waals surface area (Å²) in [6, 6.07) is 0. The normalized spacial score (nSPS) is 52.4. The van der Waals surface area contributed by atoms with Crippen LogP contribution in [-0.2, 0) is 47.4 Å². The van der Waals surface area contributed by atoms with Crippen molar-refractivity contribution in [2.24, 2.45) is 11.8 Å². The quantitative estimate of drug-likeness (QED) is 0.410. The van der Waals surface area contributed by atoms with Crippen LogP contribution in [0.2, 0.25) is 0 Å². The molecular formula is C40H58O12. The molecule has 10 aliphatic rings. The number of rotatable bonds is 4. The first-order valence-electron chi connectivity index (χ1n) is 20.1. The van der Waals surface area contributed by atoms with Crippen molar-refractivity contribution in [2.75, 3.05) is 13.7 Å². The Bertz CT molecular complexity index is 1370. The van der Waals surface area contributed by atoms with Gasteiger partial charge in [-0.15, -0.1) is 0 Å². The number of hydrogen-bond donors (Lipinski definition) is 2. The van der Waals surface area contributed by atoms with Crippen LogP contribution in [-0.4, -0.2) is 133 Å². The van der Waals surface area contributed by atoms with E-state index < -0.39 is 24.1 Å². The van der Waals surface area contributed by atoms with E-state index in [4.69, 9.17) is 42.6 Å². The van der Waals surface area contributed by atoms with Gasteiger partial charge in [-0.2, -0.15) is 0 Å². The maximum atomic E-state index is 14.0. The largest absolute Gasteiger partial charge is 0.394 e. The number of carbonyl (C=O) groups excluding carboxylic acids is 1. The SMILES string of the molecule is C=C1C[C@@H]2CC[C@@]34C[C@H]5OC6C(O3)[C@H]3O[C@H](CC[C@@H]3O[C@H]6C5O4)CC(=O)C[C@@H]3[C@@H](OC)[C@@H](C[C@H](O)CO)O[C@H]3C[C@H]3O[C@@H](CC[C@@H]1O2)C[C@@H](C)C3=C. The fourth-order valence-corrected chi connectivity index (χ4v) is 11.3. The van der Waals surface area contributed by atoms with Crippen LogP contribution in [0.25, 0.3) is 0 Å². The van der Waals surface area contributed by atoms with Crippen molar-refractivity contribution in [3.8, 4) is 0 Å². The van der Waals surface area contributed by atoms with Crippen molar-refractivity contribution >= 4 is 5.78 Å². The molecular weight excluding hydrogens is 672 g/mol. The molecule has 0 aromatic carbocycles. The summed E-state index contributed by atoms with van der Waals surface area (Å²) < 4.78 is 59.8. The zero-order valence-electron chi connectivity index (χ0n) is 30.7. The Morgan fingerprint density at radius 1 is 0.788 bits per heavy atom. The number of Topliss-reactive ketones (excluding diaryl/α,β-unsaturated/α-hetero) is 1. The number of fused-ring (bicyclic) bond motifs is 6. The van der Waals surface area contributed by atoms with Crippen molar-refractivity contribution in [1.82, 2.24) is 0 Å². The fraction of sp³-hybridized carbons (Fsp3) is 0.875. The molecule has 10 aliphatic heterocycles. The molecule has 10 heterocycles. The third-order valence-corrected chi connectivity index (χ3v) is 13.9. The molecule has 2 N–H and O–H groups in total. The maximum Gasteiger partial charge on any atom is 0.172 e. The molecule has 290 valence electrons. The standard InChI is InChI=1S/C40H58O12/c1-19-11-24-5-7-28-20(2)12-26(45-28)9-10-40-17-33-36(51-40)37-38(50-33)39(52-40)35-29(49-37)8-6-25(47-35)13-22(42)14-27-31(16-30(46-24)21(19)3)48-32(34(27)44-4)15-23(43)18-41/h19,23-39,41,43H,2-3,5-18H2,1,4H3/t19-,23+,24+,25-,26+,27+,28+,29+,30-,31+,32-,33-,34-,35+,36?,37+,38?,39?,40+/m1/s1. The molecule has 3 unspecified atom stereocenters. The monoisotopic (exact) mass is 730 g/mol. The lowest BCUT2D eigenvalue weighted by Crippen LogP contribution is -2.61. The van der Waals surface area contributed by atoms with Gasteiger partial charge in [0.25, 0.3) is 0 Å². The molecule has 19 atom stereocenters. The number of ether oxygens (including phenoxy) is 9. The van der Waals surface area contributed by atoms with Crippen LogP contribution < -0.4 is 0 Å². The Morgan fingerprint density at radius 3 is 2.37 bits per heavy atom. The highest BCUT2D eigenvalue weighted by molar-refractivity contribution is 5.79. The number of methoxy groups -OCH3 is 1. The number of aliphatic hydroxyl groups excluding tert-OH is 2. The molecule has 1 spiro atoms. The maximum absolute atomic E-state index is 14.0. The van der Waals surface area contributed by atoms with Crippen LogP contribution in [0.5, 0.6) is 0 Å². The number of hydrogen-bond acceptors (Lipinski definition) is 12. The van der Waals surface area contributed by atoms with Gasteiger partial charge in [-0.3, -0.25) is 4.79 Å². The molecule has 12 nitrogen and oxygen atoms in total. The van der Waals surface area contributed by atoms with Crippen LogP contribution in [0.4, 0.5) is 0 Å². The van der Waals surface area contributed by atoms with E-state index in [0.717, 1.165) is 49.7 Å². The highest BCUT2D eigenvalue weighted by Crippen LogP contribution is 2.54. The number of aliphatic hydroxyl groups is 2. The number of ketones is 1. The highest BCUT2D eigenvalue weighted by atomic mass is 16.8. The summed E-state index contributed by atoms with van der Waals surface area (Å²) in [7, 11) is 1.63. The lowest BCUT2D eigenvalue weighted by Gasteiger charge is -2.47. The van der Waals surface area contributed by atoms with Gasteiger partial charge >= 0.3 is 0 Å². The van der Waals surface area contributed by atoms with E-state index in [9.17, 15) is 15.0 Å². The Labute approximate surface area is 306 Å². The Morgan fingerprint density at radius 2 is 1.54 bits per heavy atom. The molecule has 0 aromatic rings. The number of carbonyl (C=O) groups is 1. The molecule has 10 fully saturated rings. The molecule has 0 radical (unpaired) electrons. The van der Waals surface area contributed by atoms with E-state index in [1.807, 2.05) is 0 Å². The first-order chi connectivity index (χ1) is 25.1.